The summed E-state index contributed by atoms with van der Waals surface area (Å²) in [7, 11) is 0. The van der Waals surface area contributed by atoms with Crippen LogP contribution in [0.25, 0.3) is 0 Å². The minimum absolute atomic E-state index is 0.149. The van der Waals surface area contributed by atoms with Crippen LogP contribution < -0.4 is 20.5 Å². The molecular formula is C29H28N4O5. The van der Waals surface area contributed by atoms with Crippen LogP contribution in [0.2, 0.25) is 0 Å². The van der Waals surface area contributed by atoms with Gasteiger partial charge in [-0.2, -0.15) is 0 Å². The highest BCUT2D eigenvalue weighted by Crippen LogP contribution is 2.32. The Hall–Kier alpha value is -4.63. The largest absolute Gasteiger partial charge is 0.454 e. The molecule has 0 aliphatic carbocycles. The maximum Gasteiger partial charge on any atom is 0.259 e. The fraction of sp³-hybridized carbons (Fsp3) is 0.207. The van der Waals surface area contributed by atoms with Gasteiger partial charge in [0.05, 0.1) is 5.69 Å². The van der Waals surface area contributed by atoms with Crippen LogP contribution in [0.3, 0.4) is 0 Å². The fourth-order valence-corrected chi connectivity index (χ4v) is 4.38. The summed E-state index contributed by atoms with van der Waals surface area (Å²) in [6.45, 7) is 4.80. The molecule has 2 heterocycles. The highest BCUT2D eigenvalue weighted by molar-refractivity contribution is 6.04. The van der Waals surface area contributed by atoms with E-state index in [0.29, 0.717) is 59.4 Å². The van der Waals surface area contributed by atoms with E-state index in [9.17, 15) is 9.59 Å². The van der Waals surface area contributed by atoms with Crippen molar-refractivity contribution in [3.8, 4) is 11.5 Å². The van der Waals surface area contributed by atoms with E-state index in [-0.39, 0.29) is 18.6 Å². The number of nitrogens with zero attached hydrogens (tertiary/aromatic N) is 2. The standard InChI is InChI=1S/C29H28N4O5/c1-18-27(19(2)38-32-18)29(35)33(16-22-5-3-4-21(12-22)14-30)15-20-6-9-24(10-7-20)31-28(34)23-8-11-25-26(13-23)37-17-36-25/h3-13H,14-17,30H2,1-2H3,(H,31,34). The molecule has 0 bridgehead atoms. The third kappa shape index (κ3) is 5.37. The molecule has 0 unspecified atom stereocenters. The van der Waals surface area contributed by atoms with Gasteiger partial charge in [0.2, 0.25) is 6.79 Å². The number of benzene rings is 3. The van der Waals surface area contributed by atoms with Gasteiger partial charge in [-0.1, -0.05) is 41.6 Å². The van der Waals surface area contributed by atoms with Crippen LogP contribution in [0.4, 0.5) is 5.69 Å². The summed E-state index contributed by atoms with van der Waals surface area (Å²) in [5.41, 5.74) is 10.8. The van der Waals surface area contributed by atoms with Crippen LogP contribution in [0.1, 0.15) is 48.9 Å². The van der Waals surface area contributed by atoms with E-state index in [0.717, 1.165) is 16.7 Å². The molecular weight excluding hydrogens is 484 g/mol. The lowest BCUT2D eigenvalue weighted by Crippen LogP contribution is -2.31. The molecule has 38 heavy (non-hydrogen) atoms. The predicted molar refractivity (Wildman–Crippen MR) is 141 cm³/mol. The van der Waals surface area contributed by atoms with Crippen molar-refractivity contribution in [1.82, 2.24) is 10.1 Å². The Balaban J connectivity index is 1.33. The number of hydrogen-bond donors (Lipinski definition) is 2. The quantitative estimate of drug-likeness (QED) is 0.355. The molecule has 2 amide bonds. The maximum absolute atomic E-state index is 13.6. The van der Waals surface area contributed by atoms with Crippen molar-refractivity contribution in [3.05, 3.63) is 106 Å². The number of fused-ring (bicyclic) bond motifs is 1. The second kappa shape index (κ2) is 10.8. The Labute approximate surface area is 220 Å². The zero-order valence-electron chi connectivity index (χ0n) is 21.2. The van der Waals surface area contributed by atoms with Gasteiger partial charge < -0.3 is 29.9 Å². The fourth-order valence-electron chi connectivity index (χ4n) is 4.38. The van der Waals surface area contributed by atoms with Crippen molar-refractivity contribution < 1.29 is 23.6 Å². The number of aryl methyl sites for hydroxylation is 2. The topological polar surface area (TPSA) is 120 Å². The smallest absolute Gasteiger partial charge is 0.259 e. The average Bonchev–Trinajstić information content (AvgIpc) is 3.54. The van der Waals surface area contributed by atoms with Gasteiger partial charge in [0.25, 0.3) is 11.8 Å². The normalized spacial score (nSPS) is 11.9. The number of carbonyl (C=O) groups excluding carboxylic acids is 2. The second-order valence-corrected chi connectivity index (χ2v) is 9.10. The van der Waals surface area contributed by atoms with E-state index >= 15 is 0 Å². The number of carbonyl (C=O) groups is 2. The molecule has 0 atom stereocenters. The number of amides is 2. The van der Waals surface area contributed by atoms with Gasteiger partial charge in [-0.25, -0.2) is 0 Å². The van der Waals surface area contributed by atoms with Gasteiger partial charge >= 0.3 is 0 Å². The number of anilines is 1. The zero-order valence-corrected chi connectivity index (χ0v) is 21.2. The molecule has 5 rings (SSSR count). The monoisotopic (exact) mass is 512 g/mol. The molecule has 0 saturated heterocycles. The molecule has 0 saturated carbocycles. The highest BCUT2D eigenvalue weighted by atomic mass is 16.7. The first kappa shape index (κ1) is 25.0. The Morgan fingerprint density at radius 3 is 2.39 bits per heavy atom. The van der Waals surface area contributed by atoms with Gasteiger partial charge in [0, 0.05) is 30.9 Å². The molecule has 1 aromatic heterocycles. The number of ether oxygens (including phenoxy) is 2. The van der Waals surface area contributed by atoms with Crippen LogP contribution in [-0.4, -0.2) is 28.7 Å². The van der Waals surface area contributed by atoms with E-state index in [1.165, 1.54) is 0 Å². The number of nitrogens with two attached hydrogens (primary N) is 1. The lowest BCUT2D eigenvalue weighted by molar-refractivity contribution is 0.0727. The second-order valence-electron chi connectivity index (χ2n) is 9.10. The van der Waals surface area contributed by atoms with Crippen LogP contribution in [-0.2, 0) is 19.6 Å². The van der Waals surface area contributed by atoms with Crippen molar-refractivity contribution in [1.29, 1.82) is 0 Å². The van der Waals surface area contributed by atoms with Crippen LogP contribution >= 0.6 is 0 Å². The molecule has 194 valence electrons. The van der Waals surface area contributed by atoms with Gasteiger partial charge in [0.15, 0.2) is 11.5 Å². The molecule has 0 spiro atoms. The average molecular weight is 513 g/mol. The summed E-state index contributed by atoms with van der Waals surface area (Å²) in [5, 5.41) is 6.84. The predicted octanol–water partition coefficient (Wildman–Crippen LogP) is 4.57. The molecule has 1 aliphatic rings. The molecule has 1 aliphatic heterocycles. The Morgan fingerprint density at radius 2 is 1.66 bits per heavy atom. The molecule has 4 aromatic rings. The molecule has 0 radical (unpaired) electrons. The summed E-state index contributed by atoms with van der Waals surface area (Å²) < 4.78 is 15.9. The van der Waals surface area contributed by atoms with Gasteiger partial charge in [-0.3, -0.25) is 9.59 Å². The van der Waals surface area contributed by atoms with Crippen molar-refractivity contribution in [2.75, 3.05) is 12.1 Å². The third-order valence-electron chi connectivity index (χ3n) is 6.35. The number of nitrogens with one attached hydrogen (secondary N) is 1. The zero-order chi connectivity index (χ0) is 26.6. The van der Waals surface area contributed by atoms with E-state index in [1.807, 2.05) is 48.5 Å². The van der Waals surface area contributed by atoms with Crippen molar-refractivity contribution >= 4 is 17.5 Å². The van der Waals surface area contributed by atoms with Gasteiger partial charge in [-0.15, -0.1) is 0 Å². The van der Waals surface area contributed by atoms with Crippen molar-refractivity contribution in [2.45, 2.75) is 33.5 Å². The number of hydrogen-bond acceptors (Lipinski definition) is 7. The van der Waals surface area contributed by atoms with Crippen LogP contribution in [0.5, 0.6) is 11.5 Å². The van der Waals surface area contributed by atoms with Crippen molar-refractivity contribution in [3.63, 3.8) is 0 Å². The Kier molecular flexibility index (Phi) is 7.10. The minimum atomic E-state index is -0.258. The van der Waals surface area contributed by atoms with Gasteiger partial charge in [-0.05, 0) is 60.9 Å². The summed E-state index contributed by atoms with van der Waals surface area (Å²) in [5.74, 6) is 1.23. The molecule has 9 nitrogen and oxygen atoms in total. The third-order valence-corrected chi connectivity index (χ3v) is 6.35. The Morgan fingerprint density at radius 1 is 0.921 bits per heavy atom. The lowest BCUT2D eigenvalue weighted by atomic mass is 10.1. The first-order chi connectivity index (χ1) is 18.4. The molecule has 0 fully saturated rings. The van der Waals surface area contributed by atoms with E-state index in [2.05, 4.69) is 10.5 Å². The first-order valence-corrected chi connectivity index (χ1v) is 12.2. The number of aromatic nitrogens is 1. The minimum Gasteiger partial charge on any atom is -0.454 e. The van der Waals surface area contributed by atoms with E-state index < -0.39 is 0 Å². The van der Waals surface area contributed by atoms with Gasteiger partial charge in [0.1, 0.15) is 11.3 Å². The summed E-state index contributed by atoms with van der Waals surface area (Å²) in [6, 6.07) is 20.3. The SMILES string of the molecule is Cc1noc(C)c1C(=O)N(Cc1ccc(NC(=O)c2ccc3c(c2)OCO3)cc1)Cc1cccc(CN)c1. The summed E-state index contributed by atoms with van der Waals surface area (Å²) in [6.07, 6.45) is 0. The van der Waals surface area contributed by atoms with Crippen LogP contribution in [0, 0.1) is 13.8 Å². The molecule has 9 heteroatoms. The molecule has 3 N–H and O–H groups in total. The maximum atomic E-state index is 13.6. The Bertz CT molecular complexity index is 1460. The lowest BCUT2D eigenvalue weighted by Gasteiger charge is -2.23. The molecule has 3 aromatic carbocycles. The van der Waals surface area contributed by atoms with Crippen molar-refractivity contribution in [2.24, 2.45) is 5.73 Å². The first-order valence-electron chi connectivity index (χ1n) is 12.2. The van der Waals surface area contributed by atoms with E-state index in [4.69, 9.17) is 19.7 Å². The van der Waals surface area contributed by atoms with Crippen LogP contribution in [0.15, 0.2) is 71.3 Å². The summed E-state index contributed by atoms with van der Waals surface area (Å²) in [4.78, 5) is 28.1. The highest BCUT2D eigenvalue weighted by Gasteiger charge is 2.24. The number of rotatable bonds is 8. The summed E-state index contributed by atoms with van der Waals surface area (Å²) >= 11 is 0. The van der Waals surface area contributed by atoms with E-state index in [1.54, 1.807) is 36.9 Å².